The average Bonchev–Trinajstić information content (AvgIpc) is 2.89. The Kier molecular flexibility index (Phi) is 4.21. The van der Waals surface area contributed by atoms with Crippen LogP contribution in [0.15, 0.2) is 16.7 Å². The summed E-state index contributed by atoms with van der Waals surface area (Å²) >= 11 is 0. The zero-order valence-electron chi connectivity index (χ0n) is 10.7. The molecular formula is C13H17NO5. The number of methoxy groups -OCH3 is 1. The molecule has 6 nitrogen and oxygen atoms in total. The van der Waals surface area contributed by atoms with E-state index in [0.29, 0.717) is 0 Å². The zero-order chi connectivity index (χ0) is 13.8. The lowest BCUT2D eigenvalue weighted by Gasteiger charge is -2.30. The van der Waals surface area contributed by atoms with Crippen LogP contribution in [0.1, 0.15) is 46.6 Å². The highest BCUT2D eigenvalue weighted by Crippen LogP contribution is 2.21. The number of carboxylic acids is 1. The van der Waals surface area contributed by atoms with Crippen molar-refractivity contribution in [2.75, 3.05) is 7.11 Å². The van der Waals surface area contributed by atoms with Crippen molar-refractivity contribution in [3.05, 3.63) is 23.7 Å². The molecule has 1 aliphatic rings. The lowest BCUT2D eigenvalue weighted by atomic mass is 9.92. The number of carboxylic acid groups (broad SMARTS) is 1. The van der Waals surface area contributed by atoms with Crippen molar-refractivity contribution in [2.45, 2.75) is 37.8 Å². The molecule has 1 saturated carbocycles. The first-order valence-electron chi connectivity index (χ1n) is 6.27. The first-order valence-corrected chi connectivity index (χ1v) is 6.27. The number of ether oxygens (including phenoxy) is 1. The fraction of sp³-hybridized carbons (Fsp3) is 0.538. The fourth-order valence-corrected chi connectivity index (χ4v) is 2.35. The number of furan rings is 1. The summed E-state index contributed by atoms with van der Waals surface area (Å²) < 4.78 is 10.3. The molecular weight excluding hydrogens is 250 g/mol. The molecule has 104 valence electrons. The molecule has 2 atom stereocenters. The molecule has 1 fully saturated rings. The first kappa shape index (κ1) is 13.6. The van der Waals surface area contributed by atoms with E-state index in [1.54, 1.807) is 7.11 Å². The summed E-state index contributed by atoms with van der Waals surface area (Å²) in [6, 6.07) is 1.17. The molecule has 0 radical (unpaired) electrons. The smallest absolute Gasteiger partial charge is 0.338 e. The van der Waals surface area contributed by atoms with E-state index in [1.807, 2.05) is 0 Å². The summed E-state index contributed by atoms with van der Waals surface area (Å²) in [4.78, 5) is 22.7. The standard InChI is InChI=1S/C13H17NO5/c1-18-10-5-3-2-4-9(10)14-12(15)11-6-8(7-19-11)13(16)17/h6-7,9-10H,2-5H2,1H3,(H,14,15)(H,16,17)/t9-,10-/m0/s1. The Balaban J connectivity index is 2.01. The van der Waals surface area contributed by atoms with E-state index in [9.17, 15) is 9.59 Å². The maximum atomic E-state index is 12.0. The molecule has 1 heterocycles. The summed E-state index contributed by atoms with van der Waals surface area (Å²) in [6.45, 7) is 0. The zero-order valence-corrected chi connectivity index (χ0v) is 10.7. The average molecular weight is 267 g/mol. The summed E-state index contributed by atoms with van der Waals surface area (Å²) in [5, 5.41) is 11.6. The maximum absolute atomic E-state index is 12.0. The van der Waals surface area contributed by atoms with Gasteiger partial charge in [0.1, 0.15) is 6.26 Å². The molecule has 19 heavy (non-hydrogen) atoms. The Morgan fingerprint density at radius 2 is 2.16 bits per heavy atom. The minimum absolute atomic E-state index is 0.00612. The van der Waals surface area contributed by atoms with Gasteiger partial charge in [0.2, 0.25) is 0 Å². The third-order valence-electron chi connectivity index (χ3n) is 3.39. The Morgan fingerprint density at radius 1 is 1.42 bits per heavy atom. The van der Waals surface area contributed by atoms with Crippen LogP contribution in [0.25, 0.3) is 0 Å². The lowest BCUT2D eigenvalue weighted by molar-refractivity contribution is 0.0385. The summed E-state index contributed by atoms with van der Waals surface area (Å²) in [6.07, 6.45) is 4.98. The number of nitrogens with one attached hydrogen (secondary N) is 1. The molecule has 0 saturated heterocycles. The Bertz CT molecular complexity index is 467. The molecule has 2 rings (SSSR count). The van der Waals surface area contributed by atoms with Crippen LogP contribution in [0.5, 0.6) is 0 Å². The van der Waals surface area contributed by atoms with E-state index >= 15 is 0 Å². The van der Waals surface area contributed by atoms with Gasteiger partial charge in [-0.15, -0.1) is 0 Å². The monoisotopic (exact) mass is 267 g/mol. The molecule has 0 aromatic carbocycles. The molecule has 1 aromatic rings. The molecule has 2 N–H and O–H groups in total. The van der Waals surface area contributed by atoms with Gasteiger partial charge in [-0.05, 0) is 12.8 Å². The normalized spacial score (nSPS) is 23.0. The van der Waals surface area contributed by atoms with Gasteiger partial charge in [0.25, 0.3) is 5.91 Å². The number of carbonyl (C=O) groups excluding carboxylic acids is 1. The van der Waals surface area contributed by atoms with Crippen molar-refractivity contribution in [2.24, 2.45) is 0 Å². The SMILES string of the molecule is CO[C@H]1CCCC[C@@H]1NC(=O)c1cc(C(=O)O)co1. The van der Waals surface area contributed by atoms with Crippen molar-refractivity contribution < 1.29 is 23.8 Å². The minimum atomic E-state index is -1.12. The van der Waals surface area contributed by atoms with Gasteiger partial charge < -0.3 is 19.6 Å². The van der Waals surface area contributed by atoms with Crippen LogP contribution < -0.4 is 5.32 Å². The van der Waals surface area contributed by atoms with Crippen LogP contribution in [-0.2, 0) is 4.74 Å². The number of hydrogen-bond donors (Lipinski definition) is 2. The van der Waals surface area contributed by atoms with Gasteiger partial charge in [-0.25, -0.2) is 4.79 Å². The van der Waals surface area contributed by atoms with Crippen molar-refractivity contribution in [3.63, 3.8) is 0 Å². The minimum Gasteiger partial charge on any atom is -0.478 e. The van der Waals surface area contributed by atoms with Gasteiger partial charge in [0.05, 0.1) is 17.7 Å². The third-order valence-corrected chi connectivity index (χ3v) is 3.39. The second-order valence-electron chi connectivity index (χ2n) is 4.64. The highest BCUT2D eigenvalue weighted by molar-refractivity contribution is 5.95. The predicted molar refractivity (Wildman–Crippen MR) is 66.2 cm³/mol. The van der Waals surface area contributed by atoms with E-state index in [0.717, 1.165) is 31.9 Å². The number of hydrogen-bond acceptors (Lipinski definition) is 4. The number of aromatic carboxylic acids is 1. The highest BCUT2D eigenvalue weighted by Gasteiger charge is 2.27. The van der Waals surface area contributed by atoms with Crippen molar-refractivity contribution in [1.29, 1.82) is 0 Å². The van der Waals surface area contributed by atoms with Gasteiger partial charge in [0, 0.05) is 13.2 Å². The lowest BCUT2D eigenvalue weighted by Crippen LogP contribution is -2.45. The largest absolute Gasteiger partial charge is 0.478 e. The van der Waals surface area contributed by atoms with Crippen LogP contribution in [0, 0.1) is 0 Å². The number of rotatable bonds is 4. The predicted octanol–water partition coefficient (Wildman–Crippen LogP) is 1.67. The van der Waals surface area contributed by atoms with E-state index in [2.05, 4.69) is 5.32 Å². The summed E-state index contributed by atoms with van der Waals surface area (Å²) in [5.74, 6) is -1.51. The van der Waals surface area contributed by atoms with Gasteiger partial charge in [-0.1, -0.05) is 12.8 Å². The maximum Gasteiger partial charge on any atom is 0.338 e. The summed E-state index contributed by atoms with van der Waals surface area (Å²) in [5.41, 5.74) is -0.0305. The summed E-state index contributed by atoms with van der Waals surface area (Å²) in [7, 11) is 1.63. The Morgan fingerprint density at radius 3 is 2.79 bits per heavy atom. The van der Waals surface area contributed by atoms with Crippen molar-refractivity contribution in [3.8, 4) is 0 Å². The third kappa shape index (κ3) is 3.14. The van der Waals surface area contributed by atoms with Crippen molar-refractivity contribution >= 4 is 11.9 Å². The number of amides is 1. The van der Waals surface area contributed by atoms with Gasteiger partial charge in [-0.3, -0.25) is 4.79 Å². The second-order valence-corrected chi connectivity index (χ2v) is 4.64. The van der Waals surface area contributed by atoms with Crippen molar-refractivity contribution in [1.82, 2.24) is 5.32 Å². The van der Waals surface area contributed by atoms with Crippen LogP contribution >= 0.6 is 0 Å². The van der Waals surface area contributed by atoms with E-state index in [1.165, 1.54) is 6.07 Å². The number of carbonyl (C=O) groups is 2. The van der Waals surface area contributed by atoms with E-state index < -0.39 is 11.9 Å². The molecule has 1 amide bonds. The Labute approximate surface area is 110 Å². The molecule has 1 aromatic heterocycles. The van der Waals surface area contributed by atoms with Gasteiger partial charge >= 0.3 is 5.97 Å². The van der Waals surface area contributed by atoms with Crippen LogP contribution in [0.2, 0.25) is 0 Å². The first-order chi connectivity index (χ1) is 9.11. The molecule has 0 aliphatic heterocycles. The molecule has 0 unspecified atom stereocenters. The van der Waals surface area contributed by atoms with E-state index in [4.69, 9.17) is 14.3 Å². The van der Waals surface area contributed by atoms with Crippen LogP contribution in [0.4, 0.5) is 0 Å². The second kappa shape index (κ2) is 5.88. The van der Waals surface area contributed by atoms with Gasteiger partial charge in [0.15, 0.2) is 5.76 Å². The fourth-order valence-electron chi connectivity index (χ4n) is 2.35. The highest BCUT2D eigenvalue weighted by atomic mass is 16.5. The molecule has 0 bridgehead atoms. The molecule has 1 aliphatic carbocycles. The van der Waals surface area contributed by atoms with Gasteiger partial charge in [-0.2, -0.15) is 0 Å². The molecule has 6 heteroatoms. The quantitative estimate of drug-likeness (QED) is 0.866. The Hall–Kier alpha value is -1.82. The van der Waals surface area contributed by atoms with Crippen LogP contribution in [-0.4, -0.2) is 36.2 Å². The topological polar surface area (TPSA) is 88.8 Å². The van der Waals surface area contributed by atoms with Crippen LogP contribution in [0.3, 0.4) is 0 Å². The molecule has 0 spiro atoms. The van der Waals surface area contributed by atoms with E-state index in [-0.39, 0.29) is 23.5 Å².